The summed E-state index contributed by atoms with van der Waals surface area (Å²) in [4.78, 5) is 0. The molecule has 2 N–H and O–H groups in total. The molecular weight excluding hydrogens is 110 g/mol. The van der Waals surface area contributed by atoms with Gasteiger partial charge in [-0.1, -0.05) is 24.3 Å². The SMILES string of the molecule is NCCC1C=CC=CC1.[HH]. The first-order valence-electron chi connectivity index (χ1n) is 3.47. The van der Waals surface area contributed by atoms with Gasteiger partial charge >= 0.3 is 0 Å². The molecule has 1 nitrogen and oxygen atoms in total. The highest BCUT2D eigenvalue weighted by Crippen LogP contribution is 2.13. The predicted molar refractivity (Wildman–Crippen MR) is 42.2 cm³/mol. The maximum atomic E-state index is 5.40. The summed E-state index contributed by atoms with van der Waals surface area (Å²) in [7, 11) is 0. The highest BCUT2D eigenvalue weighted by atomic mass is 14.5. The van der Waals surface area contributed by atoms with Gasteiger partial charge in [-0.3, -0.25) is 0 Å². The largest absolute Gasteiger partial charge is 0.330 e. The van der Waals surface area contributed by atoms with Crippen molar-refractivity contribution in [2.24, 2.45) is 11.7 Å². The van der Waals surface area contributed by atoms with Crippen LogP contribution in [0.15, 0.2) is 24.3 Å². The predicted octanol–water partition coefficient (Wildman–Crippen LogP) is 1.71. The quantitative estimate of drug-likeness (QED) is 0.597. The molecule has 1 rings (SSSR count). The van der Waals surface area contributed by atoms with Crippen molar-refractivity contribution >= 4 is 0 Å². The summed E-state index contributed by atoms with van der Waals surface area (Å²) >= 11 is 0. The van der Waals surface area contributed by atoms with E-state index in [2.05, 4.69) is 24.3 Å². The summed E-state index contributed by atoms with van der Waals surface area (Å²) in [5.74, 6) is 0.708. The maximum Gasteiger partial charge on any atom is 0 e. The van der Waals surface area contributed by atoms with Crippen LogP contribution in [0.4, 0.5) is 0 Å². The fraction of sp³-hybridized carbons (Fsp3) is 0.500. The minimum Gasteiger partial charge on any atom is -0.330 e. The molecule has 0 heterocycles. The van der Waals surface area contributed by atoms with Crippen LogP contribution < -0.4 is 5.73 Å². The van der Waals surface area contributed by atoms with E-state index in [9.17, 15) is 0 Å². The summed E-state index contributed by atoms with van der Waals surface area (Å²) in [6.45, 7) is 0.808. The van der Waals surface area contributed by atoms with E-state index in [1.54, 1.807) is 0 Å². The molecule has 0 aliphatic heterocycles. The van der Waals surface area contributed by atoms with Gasteiger partial charge in [0.1, 0.15) is 0 Å². The topological polar surface area (TPSA) is 26.0 Å². The minimum atomic E-state index is 0. The van der Waals surface area contributed by atoms with E-state index in [0.29, 0.717) is 5.92 Å². The van der Waals surface area contributed by atoms with Gasteiger partial charge in [-0.05, 0) is 25.3 Å². The molecule has 9 heavy (non-hydrogen) atoms. The molecule has 0 aromatic rings. The summed E-state index contributed by atoms with van der Waals surface area (Å²) < 4.78 is 0. The van der Waals surface area contributed by atoms with Gasteiger partial charge in [0.2, 0.25) is 0 Å². The lowest BCUT2D eigenvalue weighted by Crippen LogP contribution is -2.06. The third kappa shape index (κ3) is 2.02. The zero-order valence-corrected chi connectivity index (χ0v) is 5.59. The Morgan fingerprint density at radius 3 is 3.00 bits per heavy atom. The van der Waals surface area contributed by atoms with E-state index < -0.39 is 0 Å². The molecule has 0 spiro atoms. The highest BCUT2D eigenvalue weighted by Gasteiger charge is 2.01. The zero-order valence-electron chi connectivity index (χ0n) is 5.59. The van der Waals surface area contributed by atoms with Crippen molar-refractivity contribution in [2.45, 2.75) is 12.8 Å². The van der Waals surface area contributed by atoms with Crippen molar-refractivity contribution < 1.29 is 1.43 Å². The minimum absolute atomic E-state index is 0. The molecule has 0 saturated heterocycles. The fourth-order valence-corrected chi connectivity index (χ4v) is 1.06. The molecule has 0 fully saturated rings. The van der Waals surface area contributed by atoms with Crippen molar-refractivity contribution in [2.75, 3.05) is 6.54 Å². The molecule has 1 heteroatoms. The standard InChI is InChI=1S/C8H13N.H2/c9-7-6-8-4-2-1-3-5-8;/h1-4,8H,5-7,9H2;1H. The average Bonchev–Trinajstić information content (AvgIpc) is 1.91. The molecule has 0 aromatic heterocycles. The molecule has 1 atom stereocenters. The first kappa shape index (κ1) is 6.56. The van der Waals surface area contributed by atoms with Crippen molar-refractivity contribution in [3.8, 4) is 0 Å². The van der Waals surface area contributed by atoms with Crippen LogP contribution in [0.3, 0.4) is 0 Å². The lowest BCUT2D eigenvalue weighted by atomic mass is 9.98. The molecule has 0 aromatic carbocycles. The Hall–Kier alpha value is -0.560. The molecule has 0 saturated carbocycles. The average molecular weight is 125 g/mol. The third-order valence-corrected chi connectivity index (χ3v) is 1.61. The van der Waals surface area contributed by atoms with Gasteiger partial charge in [0.05, 0.1) is 0 Å². The van der Waals surface area contributed by atoms with Gasteiger partial charge in [0.25, 0.3) is 0 Å². The van der Waals surface area contributed by atoms with E-state index >= 15 is 0 Å². The van der Waals surface area contributed by atoms with E-state index in [4.69, 9.17) is 5.73 Å². The molecule has 0 radical (unpaired) electrons. The van der Waals surface area contributed by atoms with Crippen molar-refractivity contribution in [1.29, 1.82) is 0 Å². The van der Waals surface area contributed by atoms with Gasteiger partial charge in [-0.25, -0.2) is 0 Å². The normalized spacial score (nSPS) is 24.8. The third-order valence-electron chi connectivity index (χ3n) is 1.61. The van der Waals surface area contributed by atoms with Gasteiger partial charge in [-0.2, -0.15) is 0 Å². The summed E-state index contributed by atoms with van der Waals surface area (Å²) in [5.41, 5.74) is 5.40. The van der Waals surface area contributed by atoms with Crippen LogP contribution in [0.5, 0.6) is 0 Å². The van der Waals surface area contributed by atoms with Crippen LogP contribution in [0.2, 0.25) is 0 Å². The number of hydrogen-bond acceptors (Lipinski definition) is 1. The van der Waals surface area contributed by atoms with Crippen molar-refractivity contribution in [1.82, 2.24) is 0 Å². The smallest absolute Gasteiger partial charge is 0 e. The molecular formula is C8H15N. The van der Waals surface area contributed by atoms with Gasteiger partial charge < -0.3 is 5.73 Å². The fourth-order valence-electron chi connectivity index (χ4n) is 1.06. The Kier molecular flexibility index (Phi) is 2.52. The summed E-state index contributed by atoms with van der Waals surface area (Å²) in [6, 6.07) is 0. The van der Waals surface area contributed by atoms with Gasteiger partial charge in [0, 0.05) is 1.43 Å². The monoisotopic (exact) mass is 125 g/mol. The Morgan fingerprint density at radius 2 is 2.44 bits per heavy atom. The maximum absolute atomic E-state index is 5.40. The van der Waals surface area contributed by atoms with Crippen LogP contribution in [-0.4, -0.2) is 6.54 Å². The van der Waals surface area contributed by atoms with Crippen LogP contribution in [0.25, 0.3) is 0 Å². The Bertz CT molecular complexity index is 129. The second-order valence-corrected chi connectivity index (χ2v) is 2.39. The van der Waals surface area contributed by atoms with E-state index in [1.165, 1.54) is 6.42 Å². The number of nitrogens with two attached hydrogens (primary N) is 1. The molecule has 1 aliphatic rings. The Morgan fingerprint density at radius 1 is 1.56 bits per heavy atom. The molecule has 52 valence electrons. The van der Waals surface area contributed by atoms with Crippen LogP contribution >= 0.6 is 0 Å². The first-order chi connectivity index (χ1) is 4.43. The highest BCUT2D eigenvalue weighted by molar-refractivity contribution is 5.10. The van der Waals surface area contributed by atoms with E-state index in [1.807, 2.05) is 0 Å². The lowest BCUT2D eigenvalue weighted by molar-refractivity contribution is 0.604. The second kappa shape index (κ2) is 3.46. The van der Waals surface area contributed by atoms with E-state index in [0.717, 1.165) is 13.0 Å². The number of hydrogen-bond donors (Lipinski definition) is 1. The number of allylic oxidation sites excluding steroid dienone is 4. The van der Waals surface area contributed by atoms with Gasteiger partial charge in [-0.15, -0.1) is 0 Å². The molecule has 0 bridgehead atoms. The van der Waals surface area contributed by atoms with Gasteiger partial charge in [0.15, 0.2) is 0 Å². The number of rotatable bonds is 2. The summed E-state index contributed by atoms with van der Waals surface area (Å²) in [5, 5.41) is 0. The van der Waals surface area contributed by atoms with Crippen LogP contribution in [-0.2, 0) is 0 Å². The van der Waals surface area contributed by atoms with Crippen LogP contribution in [0, 0.1) is 5.92 Å². The van der Waals surface area contributed by atoms with Crippen LogP contribution in [0.1, 0.15) is 14.3 Å². The van der Waals surface area contributed by atoms with Crippen molar-refractivity contribution in [3.05, 3.63) is 24.3 Å². The zero-order chi connectivity index (χ0) is 6.53. The molecule has 1 aliphatic carbocycles. The second-order valence-electron chi connectivity index (χ2n) is 2.39. The lowest BCUT2D eigenvalue weighted by Gasteiger charge is -2.09. The first-order valence-corrected chi connectivity index (χ1v) is 3.47. The molecule has 0 amide bonds. The molecule has 1 unspecified atom stereocenters. The van der Waals surface area contributed by atoms with Crippen molar-refractivity contribution in [3.63, 3.8) is 0 Å². The summed E-state index contributed by atoms with van der Waals surface area (Å²) in [6.07, 6.45) is 10.9. The van der Waals surface area contributed by atoms with E-state index in [-0.39, 0.29) is 1.43 Å². The Balaban J connectivity index is 0.000000810. The Labute approximate surface area is 57.7 Å².